The molecule has 0 saturated carbocycles. The van der Waals surface area contributed by atoms with Gasteiger partial charge in [-0.3, -0.25) is 19.5 Å². The van der Waals surface area contributed by atoms with E-state index in [1.54, 1.807) is 68.7 Å². The fourth-order valence-corrected chi connectivity index (χ4v) is 4.70. The number of carbonyl (C=O) groups is 3. The van der Waals surface area contributed by atoms with Crippen molar-refractivity contribution in [3.8, 4) is 5.75 Å². The summed E-state index contributed by atoms with van der Waals surface area (Å²) in [5.74, 6) is -0.375. The summed E-state index contributed by atoms with van der Waals surface area (Å²) in [6, 6.07) is 4.59. The Labute approximate surface area is 232 Å². The summed E-state index contributed by atoms with van der Waals surface area (Å²) in [5.41, 5.74) is 2.07. The monoisotopic (exact) mass is 551 g/mol. The smallest absolute Gasteiger partial charge is 0.416 e. The molecule has 0 fully saturated rings. The second-order valence-electron chi connectivity index (χ2n) is 10.6. The summed E-state index contributed by atoms with van der Waals surface area (Å²) in [6.45, 7) is 9.87. The number of benzene rings is 1. The third-order valence-electron chi connectivity index (χ3n) is 6.62. The van der Waals surface area contributed by atoms with E-state index in [9.17, 15) is 18.8 Å². The Hall–Kier alpha value is -4.28. The van der Waals surface area contributed by atoms with Gasteiger partial charge in [0, 0.05) is 43.2 Å². The minimum absolute atomic E-state index is 0.0854. The third-order valence-corrected chi connectivity index (χ3v) is 6.62. The Morgan fingerprint density at radius 3 is 2.67 bits per heavy atom. The number of aldehydes is 1. The lowest BCUT2D eigenvalue weighted by Crippen LogP contribution is -2.40. The van der Waals surface area contributed by atoms with Gasteiger partial charge in [-0.15, -0.1) is 0 Å². The van der Waals surface area contributed by atoms with Crippen LogP contribution in [0.5, 0.6) is 5.75 Å². The van der Waals surface area contributed by atoms with E-state index in [2.05, 4.69) is 9.97 Å². The largest absolute Gasteiger partial charge is 0.491 e. The number of aromatic nitrogens is 3. The minimum atomic E-state index is -0.669. The molecule has 0 radical (unpaired) electrons. The highest BCUT2D eigenvalue weighted by atomic mass is 19.1. The molecule has 40 heavy (non-hydrogen) atoms. The highest BCUT2D eigenvalue weighted by Crippen LogP contribution is 2.31. The number of hydrogen-bond acceptors (Lipinski definition) is 7. The average Bonchev–Trinajstić information content (AvgIpc) is 3.36. The number of anilines is 1. The van der Waals surface area contributed by atoms with Crippen LogP contribution in [0.2, 0.25) is 0 Å². The third kappa shape index (κ3) is 5.98. The maximum Gasteiger partial charge on any atom is 0.416 e. The number of rotatable bonds is 8. The molecule has 1 atom stereocenters. The topological polar surface area (TPSA) is 107 Å². The van der Waals surface area contributed by atoms with E-state index in [0.29, 0.717) is 53.5 Å². The minimum Gasteiger partial charge on any atom is -0.491 e. The van der Waals surface area contributed by atoms with Gasteiger partial charge in [0.2, 0.25) is 5.95 Å². The summed E-state index contributed by atoms with van der Waals surface area (Å²) in [4.78, 5) is 49.8. The van der Waals surface area contributed by atoms with Crippen molar-refractivity contribution >= 4 is 24.2 Å². The number of amides is 2. The van der Waals surface area contributed by atoms with Crippen LogP contribution in [0.4, 0.5) is 15.1 Å². The van der Waals surface area contributed by atoms with Crippen molar-refractivity contribution in [2.75, 3.05) is 25.1 Å². The lowest BCUT2D eigenvalue weighted by atomic mass is 9.91. The summed E-state index contributed by atoms with van der Waals surface area (Å²) in [5, 5.41) is 0. The van der Waals surface area contributed by atoms with E-state index in [0.717, 1.165) is 12.5 Å². The molecule has 0 aliphatic carbocycles. The van der Waals surface area contributed by atoms with E-state index in [4.69, 9.17) is 9.47 Å². The molecule has 0 N–H and O–H groups in total. The number of nitrogens with zero attached hydrogens (tertiary/aromatic N) is 5. The van der Waals surface area contributed by atoms with Crippen LogP contribution in [0, 0.1) is 5.82 Å². The Kier molecular flexibility index (Phi) is 8.22. The van der Waals surface area contributed by atoms with Crippen LogP contribution in [0.15, 0.2) is 36.8 Å². The first kappa shape index (κ1) is 28.7. The number of pyridine rings is 1. The van der Waals surface area contributed by atoms with Crippen molar-refractivity contribution in [3.63, 3.8) is 0 Å². The number of fused-ring (bicyclic) bond motifs is 1. The maximum absolute atomic E-state index is 14.1. The lowest BCUT2D eigenvalue weighted by Gasteiger charge is -2.34. The molecule has 2 amide bonds. The van der Waals surface area contributed by atoms with Crippen molar-refractivity contribution in [2.45, 2.75) is 59.2 Å². The lowest BCUT2D eigenvalue weighted by molar-refractivity contribution is 0.0585. The molecule has 1 aliphatic rings. The molecular weight excluding hydrogens is 517 g/mol. The Balaban J connectivity index is 1.62. The first-order chi connectivity index (χ1) is 18.9. The Bertz CT molecular complexity index is 1430. The average molecular weight is 552 g/mol. The Morgan fingerprint density at radius 1 is 1.25 bits per heavy atom. The number of halogens is 1. The van der Waals surface area contributed by atoms with Crippen LogP contribution < -0.4 is 9.64 Å². The van der Waals surface area contributed by atoms with Gasteiger partial charge >= 0.3 is 6.09 Å². The van der Waals surface area contributed by atoms with Crippen molar-refractivity contribution in [2.24, 2.45) is 0 Å². The Morgan fingerprint density at radius 2 is 2.00 bits per heavy atom. The van der Waals surface area contributed by atoms with Crippen LogP contribution in [0.1, 0.15) is 78.2 Å². The van der Waals surface area contributed by atoms with E-state index in [1.807, 2.05) is 6.92 Å². The fraction of sp³-hybridized carbons (Fsp3) is 0.414. The normalized spacial score (nSPS) is 14.0. The molecule has 1 unspecified atom stereocenters. The zero-order valence-electron chi connectivity index (χ0n) is 23.6. The molecule has 212 valence electrons. The van der Waals surface area contributed by atoms with Crippen molar-refractivity contribution in [1.29, 1.82) is 0 Å². The van der Waals surface area contributed by atoms with Crippen LogP contribution in [-0.2, 0) is 17.7 Å². The van der Waals surface area contributed by atoms with Crippen LogP contribution in [-0.4, -0.2) is 63.5 Å². The standard InChI is InChI=1S/C29H34FN5O5/c1-7-39-25-14-24(32-15-23(25)30)18(2)35-10-8-21-20(17-36)12-19(13-22(21)26(35)37)16-34-11-9-31-27(34)33(6)28(38)40-29(3,4)5/h9,11-15,17-18H,7-8,10,16H2,1-6H3. The molecule has 4 rings (SSSR count). The van der Waals surface area contributed by atoms with Crippen LogP contribution in [0.25, 0.3) is 0 Å². The van der Waals surface area contributed by atoms with Crippen LogP contribution >= 0.6 is 0 Å². The van der Waals surface area contributed by atoms with Crippen molar-refractivity contribution in [1.82, 2.24) is 19.4 Å². The van der Waals surface area contributed by atoms with Gasteiger partial charge in [-0.05, 0) is 64.3 Å². The summed E-state index contributed by atoms with van der Waals surface area (Å²) < 4.78 is 26.6. The highest BCUT2D eigenvalue weighted by Gasteiger charge is 2.32. The zero-order chi connectivity index (χ0) is 29.2. The first-order valence-corrected chi connectivity index (χ1v) is 13.1. The molecule has 1 aliphatic heterocycles. The van der Waals surface area contributed by atoms with Crippen molar-refractivity contribution < 1.29 is 28.2 Å². The fourth-order valence-electron chi connectivity index (χ4n) is 4.70. The predicted octanol–water partition coefficient (Wildman–Crippen LogP) is 4.81. The van der Waals surface area contributed by atoms with Gasteiger partial charge in [0.05, 0.1) is 31.1 Å². The maximum atomic E-state index is 14.1. The molecular formula is C29H34FN5O5. The molecule has 11 heteroatoms. The van der Waals surface area contributed by atoms with E-state index in [1.165, 1.54) is 11.0 Å². The molecule has 2 aromatic heterocycles. The van der Waals surface area contributed by atoms with Crippen molar-refractivity contribution in [3.05, 3.63) is 70.6 Å². The summed E-state index contributed by atoms with van der Waals surface area (Å²) in [6.07, 6.45) is 5.06. The molecule has 1 aromatic carbocycles. The second kappa shape index (κ2) is 11.4. The van der Waals surface area contributed by atoms with Gasteiger partial charge in [-0.1, -0.05) is 0 Å². The highest BCUT2D eigenvalue weighted by molar-refractivity contribution is 5.99. The van der Waals surface area contributed by atoms with Gasteiger partial charge in [-0.25, -0.2) is 14.2 Å². The number of ether oxygens (including phenoxy) is 2. The molecule has 3 aromatic rings. The number of imidazole rings is 1. The van der Waals surface area contributed by atoms with Gasteiger partial charge in [0.15, 0.2) is 11.6 Å². The van der Waals surface area contributed by atoms with E-state index >= 15 is 0 Å². The predicted molar refractivity (Wildman–Crippen MR) is 146 cm³/mol. The molecule has 0 saturated heterocycles. The number of carbonyl (C=O) groups excluding carboxylic acids is 3. The SMILES string of the molecule is CCOc1cc(C(C)N2CCc3c(C=O)cc(Cn4ccnc4N(C)C(=O)OC(C)(C)C)cc3C2=O)ncc1F. The molecule has 3 heterocycles. The zero-order valence-corrected chi connectivity index (χ0v) is 23.6. The van der Waals surface area contributed by atoms with Crippen LogP contribution in [0.3, 0.4) is 0 Å². The quantitative estimate of drug-likeness (QED) is 0.370. The summed E-state index contributed by atoms with van der Waals surface area (Å²) in [7, 11) is 1.57. The second-order valence-corrected chi connectivity index (χ2v) is 10.6. The van der Waals surface area contributed by atoms with E-state index in [-0.39, 0.29) is 18.2 Å². The van der Waals surface area contributed by atoms with Gasteiger partial charge in [0.25, 0.3) is 5.91 Å². The molecule has 0 bridgehead atoms. The van der Waals surface area contributed by atoms with Gasteiger partial charge in [0.1, 0.15) is 11.9 Å². The van der Waals surface area contributed by atoms with E-state index < -0.39 is 23.6 Å². The van der Waals surface area contributed by atoms with Gasteiger partial charge in [-0.2, -0.15) is 0 Å². The molecule has 0 spiro atoms. The first-order valence-electron chi connectivity index (χ1n) is 13.1. The summed E-state index contributed by atoms with van der Waals surface area (Å²) >= 11 is 0. The van der Waals surface area contributed by atoms with Gasteiger partial charge < -0.3 is 18.9 Å². The molecule has 10 nitrogen and oxygen atoms in total. The number of hydrogen-bond donors (Lipinski definition) is 0.